The van der Waals surface area contributed by atoms with Crippen molar-refractivity contribution < 1.29 is 23.8 Å². The number of allylic oxidation sites excluding steroid dienone is 10. The maximum Gasteiger partial charge on any atom is 0.306 e. The van der Waals surface area contributed by atoms with Gasteiger partial charge in [-0.15, -0.1) is 0 Å². The molecule has 360 valence electrons. The van der Waals surface area contributed by atoms with Gasteiger partial charge in [-0.3, -0.25) is 9.59 Å². The highest BCUT2D eigenvalue weighted by atomic mass is 16.6. The van der Waals surface area contributed by atoms with Crippen LogP contribution in [0.3, 0.4) is 0 Å². The van der Waals surface area contributed by atoms with Gasteiger partial charge in [0.25, 0.3) is 0 Å². The topological polar surface area (TPSA) is 61.8 Å². The Bertz CT molecular complexity index is 1070. The highest BCUT2D eigenvalue weighted by Crippen LogP contribution is 2.14. The van der Waals surface area contributed by atoms with Gasteiger partial charge in [0.1, 0.15) is 6.61 Å². The third-order valence-corrected chi connectivity index (χ3v) is 11.5. The molecular formula is C57H102O5. The predicted molar refractivity (Wildman–Crippen MR) is 270 cm³/mol. The van der Waals surface area contributed by atoms with Crippen molar-refractivity contribution in [2.75, 3.05) is 19.8 Å². The number of carbonyl (C=O) groups excluding carboxylic acids is 2. The minimum absolute atomic E-state index is 0.0725. The SMILES string of the molecule is CC/C=C\C/C=C\C/C=C\CCCCCCCCOCC(COC(=O)CCCCCCC/C=C\CCCCCCCC)OC(=O)CCCCCCC/C=C\CCCCCCCC. The highest BCUT2D eigenvalue weighted by Gasteiger charge is 2.17. The Hall–Kier alpha value is -2.40. The molecule has 0 fully saturated rings. The molecule has 0 aliphatic carbocycles. The van der Waals surface area contributed by atoms with E-state index in [1.54, 1.807) is 0 Å². The van der Waals surface area contributed by atoms with Gasteiger partial charge in [-0.25, -0.2) is 0 Å². The maximum absolute atomic E-state index is 12.8. The first-order valence-electron chi connectivity index (χ1n) is 26.8. The van der Waals surface area contributed by atoms with Crippen LogP contribution in [0.5, 0.6) is 0 Å². The van der Waals surface area contributed by atoms with Crippen LogP contribution in [-0.4, -0.2) is 37.9 Å². The highest BCUT2D eigenvalue weighted by molar-refractivity contribution is 5.70. The summed E-state index contributed by atoms with van der Waals surface area (Å²) in [7, 11) is 0. The van der Waals surface area contributed by atoms with Crippen LogP contribution in [0.2, 0.25) is 0 Å². The molecule has 0 saturated heterocycles. The zero-order valence-corrected chi connectivity index (χ0v) is 41.4. The lowest BCUT2D eigenvalue weighted by Crippen LogP contribution is -2.30. The van der Waals surface area contributed by atoms with E-state index in [4.69, 9.17) is 14.2 Å². The van der Waals surface area contributed by atoms with E-state index in [1.807, 2.05) is 0 Å². The summed E-state index contributed by atoms with van der Waals surface area (Å²) in [6.07, 6.45) is 66.6. The average molecular weight is 867 g/mol. The average Bonchev–Trinajstić information content (AvgIpc) is 3.27. The number of rotatable bonds is 49. The predicted octanol–water partition coefficient (Wildman–Crippen LogP) is 18.1. The number of hydrogen-bond acceptors (Lipinski definition) is 5. The number of carbonyl (C=O) groups is 2. The summed E-state index contributed by atoms with van der Waals surface area (Å²) in [6, 6.07) is 0. The fourth-order valence-corrected chi connectivity index (χ4v) is 7.51. The van der Waals surface area contributed by atoms with Crippen LogP contribution in [0.15, 0.2) is 60.8 Å². The van der Waals surface area contributed by atoms with Gasteiger partial charge in [0.05, 0.1) is 6.61 Å². The van der Waals surface area contributed by atoms with Crippen molar-refractivity contribution in [1.82, 2.24) is 0 Å². The molecule has 0 saturated carbocycles. The number of unbranched alkanes of at least 4 members (excludes halogenated alkanes) is 28. The minimum Gasteiger partial charge on any atom is -0.462 e. The number of ether oxygens (including phenoxy) is 3. The van der Waals surface area contributed by atoms with E-state index in [9.17, 15) is 9.59 Å². The molecule has 0 N–H and O–H groups in total. The summed E-state index contributed by atoms with van der Waals surface area (Å²) >= 11 is 0. The summed E-state index contributed by atoms with van der Waals surface area (Å²) in [5, 5.41) is 0. The Morgan fingerprint density at radius 3 is 1.18 bits per heavy atom. The Morgan fingerprint density at radius 2 is 0.726 bits per heavy atom. The van der Waals surface area contributed by atoms with Gasteiger partial charge in [-0.2, -0.15) is 0 Å². The molecule has 1 unspecified atom stereocenters. The fourth-order valence-electron chi connectivity index (χ4n) is 7.51. The molecule has 0 rings (SSSR count). The molecular weight excluding hydrogens is 765 g/mol. The molecule has 0 aromatic heterocycles. The zero-order chi connectivity index (χ0) is 44.9. The quantitative estimate of drug-likeness (QED) is 0.0346. The Labute approximate surface area is 385 Å². The van der Waals surface area contributed by atoms with Crippen molar-refractivity contribution in [3.63, 3.8) is 0 Å². The van der Waals surface area contributed by atoms with Crippen molar-refractivity contribution in [2.45, 2.75) is 271 Å². The zero-order valence-electron chi connectivity index (χ0n) is 41.4. The van der Waals surface area contributed by atoms with Crippen molar-refractivity contribution in [2.24, 2.45) is 0 Å². The van der Waals surface area contributed by atoms with Gasteiger partial charge in [0.15, 0.2) is 6.10 Å². The van der Waals surface area contributed by atoms with Gasteiger partial charge in [0, 0.05) is 19.4 Å². The lowest BCUT2D eigenvalue weighted by molar-refractivity contribution is -0.163. The fraction of sp³-hybridized carbons (Fsp3) is 0.789. The van der Waals surface area contributed by atoms with Gasteiger partial charge in [-0.05, 0) is 103 Å². The standard InChI is InChI=1S/C57H102O5/c1-4-7-10-13-16-19-22-25-28-31-34-37-40-43-46-49-52-60-53-55(62-57(59)51-48-45-42-39-36-33-30-27-24-21-18-15-12-9-6-3)54-61-56(58)50-47-44-41-38-35-32-29-26-23-20-17-14-11-8-5-2/h7,10,16,19,25-30,55H,4-6,8-9,11-15,17-18,20-24,31-54H2,1-3H3/b10-7-,19-16-,28-25-,29-26-,30-27-. The third-order valence-electron chi connectivity index (χ3n) is 11.5. The number of esters is 2. The molecule has 0 aromatic carbocycles. The molecule has 5 heteroatoms. The second kappa shape index (κ2) is 52.9. The van der Waals surface area contributed by atoms with Gasteiger partial charge in [-0.1, -0.05) is 210 Å². The molecule has 0 aliphatic rings. The van der Waals surface area contributed by atoms with Crippen LogP contribution in [0.4, 0.5) is 0 Å². The Balaban J connectivity index is 4.31. The van der Waals surface area contributed by atoms with E-state index in [0.717, 1.165) is 89.9 Å². The molecule has 0 aliphatic heterocycles. The summed E-state index contributed by atoms with van der Waals surface area (Å²) in [4.78, 5) is 25.4. The Morgan fingerprint density at radius 1 is 0.371 bits per heavy atom. The van der Waals surface area contributed by atoms with E-state index < -0.39 is 6.10 Å². The Kier molecular flexibility index (Phi) is 50.9. The van der Waals surface area contributed by atoms with Crippen LogP contribution in [-0.2, 0) is 23.8 Å². The van der Waals surface area contributed by atoms with Crippen LogP contribution in [0.1, 0.15) is 265 Å². The van der Waals surface area contributed by atoms with Crippen molar-refractivity contribution in [3.05, 3.63) is 60.8 Å². The van der Waals surface area contributed by atoms with Crippen molar-refractivity contribution in [3.8, 4) is 0 Å². The monoisotopic (exact) mass is 867 g/mol. The second-order valence-corrected chi connectivity index (χ2v) is 17.7. The first kappa shape index (κ1) is 59.6. The van der Waals surface area contributed by atoms with E-state index in [0.29, 0.717) is 19.4 Å². The molecule has 5 nitrogen and oxygen atoms in total. The largest absolute Gasteiger partial charge is 0.462 e. The van der Waals surface area contributed by atoms with Crippen LogP contribution in [0, 0.1) is 0 Å². The second-order valence-electron chi connectivity index (χ2n) is 17.7. The minimum atomic E-state index is -0.551. The molecule has 0 radical (unpaired) electrons. The van der Waals surface area contributed by atoms with Gasteiger partial charge >= 0.3 is 11.9 Å². The van der Waals surface area contributed by atoms with Gasteiger partial charge < -0.3 is 14.2 Å². The normalized spacial score (nSPS) is 12.6. The lowest BCUT2D eigenvalue weighted by atomic mass is 10.1. The smallest absolute Gasteiger partial charge is 0.306 e. The summed E-state index contributed by atoms with van der Waals surface area (Å²) in [6.45, 7) is 7.69. The van der Waals surface area contributed by atoms with E-state index in [-0.39, 0.29) is 25.2 Å². The molecule has 1 atom stereocenters. The first-order chi connectivity index (χ1) is 30.6. The number of hydrogen-bond donors (Lipinski definition) is 0. The van der Waals surface area contributed by atoms with Crippen LogP contribution < -0.4 is 0 Å². The molecule has 0 amide bonds. The first-order valence-corrected chi connectivity index (χ1v) is 26.8. The molecule has 0 spiro atoms. The van der Waals surface area contributed by atoms with Crippen molar-refractivity contribution >= 4 is 11.9 Å². The van der Waals surface area contributed by atoms with Crippen molar-refractivity contribution in [1.29, 1.82) is 0 Å². The molecule has 0 bridgehead atoms. The van der Waals surface area contributed by atoms with E-state index >= 15 is 0 Å². The van der Waals surface area contributed by atoms with Gasteiger partial charge in [0.2, 0.25) is 0 Å². The van der Waals surface area contributed by atoms with E-state index in [1.165, 1.54) is 141 Å². The summed E-state index contributed by atoms with van der Waals surface area (Å²) in [5.41, 5.74) is 0. The van der Waals surface area contributed by atoms with E-state index in [2.05, 4.69) is 81.5 Å². The molecule has 62 heavy (non-hydrogen) atoms. The summed E-state index contributed by atoms with van der Waals surface area (Å²) in [5.74, 6) is -0.417. The third kappa shape index (κ3) is 50.2. The summed E-state index contributed by atoms with van der Waals surface area (Å²) < 4.78 is 17.4. The molecule has 0 aromatic rings. The lowest BCUT2D eigenvalue weighted by Gasteiger charge is -2.18. The van der Waals surface area contributed by atoms with Crippen LogP contribution >= 0.6 is 0 Å². The molecule has 0 heterocycles. The maximum atomic E-state index is 12.8. The van der Waals surface area contributed by atoms with Crippen LogP contribution in [0.25, 0.3) is 0 Å².